The molecule has 2 heterocycles. The van der Waals surface area contributed by atoms with E-state index in [9.17, 15) is 4.79 Å². The Kier molecular flexibility index (Phi) is 3.96. The zero-order valence-corrected chi connectivity index (χ0v) is 12.0. The molecule has 6 nitrogen and oxygen atoms in total. The lowest BCUT2D eigenvalue weighted by atomic mass is 10.2. The van der Waals surface area contributed by atoms with E-state index in [1.54, 1.807) is 0 Å². The fourth-order valence-electron chi connectivity index (χ4n) is 2.46. The maximum absolute atomic E-state index is 11.5. The minimum atomic E-state index is 0.0977. The first-order valence-electron chi connectivity index (χ1n) is 7.11. The minimum absolute atomic E-state index is 0.0977. The van der Waals surface area contributed by atoms with Crippen LogP contribution in [0.4, 0.5) is 0 Å². The smallest absolute Gasteiger partial charge is 0.241 e. The van der Waals surface area contributed by atoms with Crippen LogP contribution in [0.5, 0.6) is 0 Å². The quantitative estimate of drug-likeness (QED) is 0.924. The summed E-state index contributed by atoms with van der Waals surface area (Å²) in [5.41, 5.74) is 0.938. The lowest BCUT2D eigenvalue weighted by Gasteiger charge is -2.23. The van der Waals surface area contributed by atoms with Crippen molar-refractivity contribution in [3.63, 3.8) is 0 Å². The highest BCUT2D eigenvalue weighted by Gasteiger charge is 2.23. The zero-order chi connectivity index (χ0) is 14.7. The van der Waals surface area contributed by atoms with Gasteiger partial charge in [-0.2, -0.15) is 4.98 Å². The summed E-state index contributed by atoms with van der Waals surface area (Å²) in [6.07, 6.45) is 0.500. The third kappa shape index (κ3) is 3.28. The van der Waals surface area contributed by atoms with E-state index in [0.29, 0.717) is 31.2 Å². The van der Waals surface area contributed by atoms with Crippen LogP contribution in [0, 0.1) is 0 Å². The summed E-state index contributed by atoms with van der Waals surface area (Å²) in [6.45, 7) is 4.05. The summed E-state index contributed by atoms with van der Waals surface area (Å²) in [4.78, 5) is 18.1. The first kappa shape index (κ1) is 13.8. The Hall–Kier alpha value is -2.21. The molecule has 6 heteroatoms. The Morgan fingerprint density at radius 3 is 3.00 bits per heavy atom. The zero-order valence-electron chi connectivity index (χ0n) is 12.0. The van der Waals surface area contributed by atoms with Crippen LogP contribution in [0.2, 0.25) is 0 Å². The lowest BCUT2D eigenvalue weighted by Crippen LogP contribution is -2.33. The van der Waals surface area contributed by atoms with Crippen LogP contribution >= 0.6 is 0 Å². The van der Waals surface area contributed by atoms with Crippen molar-refractivity contribution in [1.29, 1.82) is 0 Å². The molecule has 1 saturated heterocycles. The molecule has 1 aromatic heterocycles. The highest BCUT2D eigenvalue weighted by Crippen LogP contribution is 2.17. The second-order valence-corrected chi connectivity index (χ2v) is 5.25. The van der Waals surface area contributed by atoms with Crippen molar-refractivity contribution in [2.24, 2.45) is 0 Å². The largest absolute Gasteiger partial charge is 0.355 e. The highest BCUT2D eigenvalue weighted by atomic mass is 16.5. The summed E-state index contributed by atoms with van der Waals surface area (Å²) in [7, 11) is 0. The van der Waals surface area contributed by atoms with Crippen molar-refractivity contribution >= 4 is 5.91 Å². The minimum Gasteiger partial charge on any atom is -0.355 e. The van der Waals surface area contributed by atoms with Gasteiger partial charge in [-0.25, -0.2) is 0 Å². The number of benzene rings is 1. The van der Waals surface area contributed by atoms with E-state index in [2.05, 4.69) is 20.4 Å². The van der Waals surface area contributed by atoms with E-state index < -0.39 is 0 Å². The molecule has 0 spiro atoms. The number of hydrogen-bond donors (Lipinski definition) is 1. The van der Waals surface area contributed by atoms with Gasteiger partial charge in [0, 0.05) is 31.1 Å². The molecule has 0 saturated carbocycles. The van der Waals surface area contributed by atoms with Gasteiger partial charge in [0.15, 0.2) is 0 Å². The molecule has 1 aliphatic heterocycles. The van der Waals surface area contributed by atoms with Gasteiger partial charge in [-0.05, 0) is 6.92 Å². The number of amides is 1. The van der Waals surface area contributed by atoms with Crippen LogP contribution in [0.1, 0.15) is 19.2 Å². The predicted octanol–water partition coefficient (Wildman–Crippen LogP) is 1.45. The average molecular weight is 286 g/mol. The standard InChI is InChI=1S/C15H18N4O2/c1-11-9-13(20)16-7-8-19(11)10-14-17-15(18-21-14)12-5-3-2-4-6-12/h2-6,11H,7-10H2,1H3,(H,16,20). The first-order valence-corrected chi connectivity index (χ1v) is 7.11. The van der Waals surface area contributed by atoms with Gasteiger partial charge in [0.05, 0.1) is 6.54 Å². The monoisotopic (exact) mass is 286 g/mol. The van der Waals surface area contributed by atoms with Crippen LogP contribution < -0.4 is 5.32 Å². The summed E-state index contributed by atoms with van der Waals surface area (Å²) in [6, 6.07) is 9.91. The van der Waals surface area contributed by atoms with Gasteiger partial charge >= 0.3 is 0 Å². The molecule has 3 rings (SSSR count). The molecule has 2 aromatic rings. The molecule has 0 bridgehead atoms. The second-order valence-electron chi connectivity index (χ2n) is 5.25. The van der Waals surface area contributed by atoms with Gasteiger partial charge in [-0.15, -0.1) is 0 Å². The van der Waals surface area contributed by atoms with Crippen LogP contribution in [0.15, 0.2) is 34.9 Å². The highest BCUT2D eigenvalue weighted by molar-refractivity contribution is 5.76. The van der Waals surface area contributed by atoms with Crippen LogP contribution in [0.3, 0.4) is 0 Å². The van der Waals surface area contributed by atoms with Gasteiger partial charge in [-0.1, -0.05) is 35.5 Å². The Labute approximate surface area is 123 Å². The molecular weight excluding hydrogens is 268 g/mol. The fourth-order valence-corrected chi connectivity index (χ4v) is 2.46. The molecule has 1 N–H and O–H groups in total. The number of nitrogens with one attached hydrogen (secondary N) is 1. The van der Waals surface area contributed by atoms with E-state index in [1.165, 1.54) is 0 Å². The third-order valence-electron chi connectivity index (χ3n) is 3.66. The van der Waals surface area contributed by atoms with Crippen molar-refractivity contribution in [3.8, 4) is 11.4 Å². The summed E-state index contributed by atoms with van der Waals surface area (Å²) >= 11 is 0. The van der Waals surface area contributed by atoms with Gasteiger partial charge in [-0.3, -0.25) is 9.69 Å². The topological polar surface area (TPSA) is 71.3 Å². The van der Waals surface area contributed by atoms with Crippen LogP contribution in [0.25, 0.3) is 11.4 Å². The van der Waals surface area contributed by atoms with Crippen molar-refractivity contribution in [1.82, 2.24) is 20.4 Å². The van der Waals surface area contributed by atoms with Gasteiger partial charge in [0.1, 0.15) is 0 Å². The summed E-state index contributed by atoms with van der Waals surface area (Å²) < 4.78 is 5.33. The molecule has 0 aliphatic carbocycles. The Balaban J connectivity index is 1.71. The van der Waals surface area contributed by atoms with E-state index in [-0.39, 0.29) is 11.9 Å². The molecule has 110 valence electrons. The number of hydrogen-bond acceptors (Lipinski definition) is 5. The molecule has 1 aromatic carbocycles. The van der Waals surface area contributed by atoms with E-state index >= 15 is 0 Å². The fraction of sp³-hybridized carbons (Fsp3) is 0.400. The van der Waals surface area contributed by atoms with E-state index in [0.717, 1.165) is 12.1 Å². The van der Waals surface area contributed by atoms with Gasteiger partial charge < -0.3 is 9.84 Å². The summed E-state index contributed by atoms with van der Waals surface area (Å²) in [5, 5.41) is 6.89. The molecular formula is C15H18N4O2. The maximum atomic E-state index is 11.5. The van der Waals surface area contributed by atoms with E-state index in [1.807, 2.05) is 37.3 Å². The number of carbonyl (C=O) groups excluding carboxylic acids is 1. The average Bonchev–Trinajstić information content (AvgIpc) is 2.89. The van der Waals surface area contributed by atoms with Gasteiger partial charge in [0.2, 0.25) is 17.6 Å². The van der Waals surface area contributed by atoms with Gasteiger partial charge in [0.25, 0.3) is 0 Å². The Morgan fingerprint density at radius 1 is 1.38 bits per heavy atom. The van der Waals surface area contributed by atoms with Crippen molar-refractivity contribution in [2.75, 3.05) is 13.1 Å². The Bertz CT molecular complexity index is 611. The molecule has 0 radical (unpaired) electrons. The van der Waals surface area contributed by atoms with Crippen LogP contribution in [-0.2, 0) is 11.3 Å². The molecule has 21 heavy (non-hydrogen) atoms. The lowest BCUT2D eigenvalue weighted by molar-refractivity contribution is -0.121. The molecule has 1 fully saturated rings. The normalized spacial score (nSPS) is 20.0. The number of aromatic nitrogens is 2. The number of rotatable bonds is 3. The Morgan fingerprint density at radius 2 is 2.19 bits per heavy atom. The van der Waals surface area contributed by atoms with Crippen molar-refractivity contribution in [2.45, 2.75) is 25.9 Å². The number of carbonyl (C=O) groups is 1. The molecule has 1 atom stereocenters. The SMILES string of the molecule is CC1CC(=O)NCCN1Cc1nc(-c2ccccc2)no1. The van der Waals surface area contributed by atoms with E-state index in [4.69, 9.17) is 4.52 Å². The third-order valence-corrected chi connectivity index (χ3v) is 3.66. The first-order chi connectivity index (χ1) is 10.2. The molecule has 1 aliphatic rings. The summed E-state index contributed by atoms with van der Waals surface area (Å²) in [5.74, 6) is 1.28. The van der Waals surface area contributed by atoms with Crippen LogP contribution in [-0.4, -0.2) is 40.1 Å². The van der Waals surface area contributed by atoms with Crippen molar-refractivity contribution < 1.29 is 9.32 Å². The predicted molar refractivity (Wildman–Crippen MR) is 77.2 cm³/mol. The second kappa shape index (κ2) is 6.05. The maximum Gasteiger partial charge on any atom is 0.241 e. The molecule has 1 unspecified atom stereocenters. The molecule has 1 amide bonds. The number of nitrogens with zero attached hydrogens (tertiary/aromatic N) is 3. The van der Waals surface area contributed by atoms with Crippen molar-refractivity contribution in [3.05, 3.63) is 36.2 Å².